The number of likely N-dealkylation sites (N-methyl/N-ethyl adjacent to an activating group) is 1. The van der Waals surface area contributed by atoms with Gasteiger partial charge in [0.2, 0.25) is 6.17 Å². The van der Waals surface area contributed by atoms with Gasteiger partial charge in [0.05, 0.1) is 22.6 Å². The lowest BCUT2D eigenvalue weighted by atomic mass is 9.96. The van der Waals surface area contributed by atoms with Crippen molar-refractivity contribution < 1.29 is 18.0 Å². The van der Waals surface area contributed by atoms with E-state index in [0.717, 1.165) is 18.9 Å². The van der Waals surface area contributed by atoms with Crippen molar-refractivity contribution in [3.8, 4) is 0 Å². The maximum atomic E-state index is 13.6. The lowest BCUT2D eigenvalue weighted by Crippen LogP contribution is -2.50. The van der Waals surface area contributed by atoms with Crippen LogP contribution in [-0.2, 0) is 11.0 Å². The van der Waals surface area contributed by atoms with Gasteiger partial charge in [-0.05, 0) is 55.4 Å². The zero-order chi connectivity index (χ0) is 26.2. The van der Waals surface area contributed by atoms with Gasteiger partial charge in [-0.15, -0.1) is 0 Å². The van der Waals surface area contributed by atoms with Crippen LogP contribution < -0.4 is 15.1 Å². The summed E-state index contributed by atoms with van der Waals surface area (Å²) >= 11 is 18.2. The molecule has 1 N–H and O–H groups in total. The maximum Gasteiger partial charge on any atom is 0.418 e. The molecule has 11 heteroatoms. The number of para-hydroxylation sites is 1. The van der Waals surface area contributed by atoms with Gasteiger partial charge in [-0.25, -0.2) is 4.99 Å². The summed E-state index contributed by atoms with van der Waals surface area (Å²) in [5.41, 5.74) is 1.23. The number of alkyl halides is 3. The van der Waals surface area contributed by atoms with Gasteiger partial charge in [-0.2, -0.15) is 13.2 Å². The van der Waals surface area contributed by atoms with Crippen molar-refractivity contribution in [3.05, 3.63) is 81.4 Å². The second kappa shape index (κ2) is 10.2. The summed E-state index contributed by atoms with van der Waals surface area (Å²) in [6.45, 7) is 0. The highest BCUT2D eigenvalue weighted by Crippen LogP contribution is 2.37. The van der Waals surface area contributed by atoms with E-state index < -0.39 is 23.8 Å². The van der Waals surface area contributed by atoms with Gasteiger partial charge in [0.15, 0.2) is 5.11 Å². The molecule has 36 heavy (non-hydrogen) atoms. The number of anilines is 2. The number of carbonyl (C=O) groups is 1. The van der Waals surface area contributed by atoms with Gasteiger partial charge in [0.1, 0.15) is 0 Å². The molecule has 0 saturated heterocycles. The molecule has 0 spiro atoms. The molecule has 1 aliphatic carbocycles. The Morgan fingerprint density at radius 1 is 1.17 bits per heavy atom. The third-order valence-electron chi connectivity index (χ3n) is 5.88. The third-order valence-corrected chi connectivity index (χ3v) is 6.87. The molecule has 2 aromatic carbocycles. The Kier molecular flexibility index (Phi) is 7.45. The highest BCUT2D eigenvalue weighted by Gasteiger charge is 2.36. The zero-order valence-corrected chi connectivity index (χ0v) is 21.6. The van der Waals surface area contributed by atoms with Crippen molar-refractivity contribution in [2.75, 3.05) is 23.9 Å². The molecule has 0 aromatic heterocycles. The number of amides is 1. The number of hydrogen-bond donors (Lipinski definition) is 1. The number of rotatable bonds is 3. The first-order chi connectivity index (χ1) is 17.0. The number of nitrogens with one attached hydrogen (secondary N) is 1. The molecule has 4 rings (SSSR count). The smallest absolute Gasteiger partial charge is 0.333 e. The summed E-state index contributed by atoms with van der Waals surface area (Å²) < 4.78 is 40.7. The molecule has 0 fully saturated rings. The molecular weight excluding hydrogens is 532 g/mol. The molecule has 188 valence electrons. The standard InChI is InChI=1S/C25H21Cl2F3N4OS/c1-33-19-12-11-14(26)13-16(19)21(15-7-3-5-9-18(15)27)31-22(23(33)35)32-24(36)34(2)20-10-6-4-8-17(20)25(28,29)30/h4,6-13,22H,3,5H2,1-2H3,(H,32,36). The number of hydrogen-bond acceptors (Lipinski definition) is 3. The number of nitrogens with zero attached hydrogens (tertiary/aromatic N) is 3. The summed E-state index contributed by atoms with van der Waals surface area (Å²) in [6.07, 6.45) is -0.500. The van der Waals surface area contributed by atoms with Gasteiger partial charge >= 0.3 is 6.18 Å². The predicted octanol–water partition coefficient (Wildman–Crippen LogP) is 6.30. The largest absolute Gasteiger partial charge is 0.418 e. The number of carbonyl (C=O) groups excluding carboxylic acids is 1. The van der Waals surface area contributed by atoms with Crippen LogP contribution in [-0.4, -0.2) is 37.0 Å². The Hall–Kier alpha value is -2.88. The van der Waals surface area contributed by atoms with Crippen molar-refractivity contribution in [2.45, 2.75) is 25.2 Å². The van der Waals surface area contributed by atoms with Crippen LogP contribution in [0.1, 0.15) is 24.0 Å². The lowest BCUT2D eigenvalue weighted by Gasteiger charge is -2.27. The summed E-state index contributed by atoms with van der Waals surface area (Å²) in [4.78, 5) is 20.7. The third kappa shape index (κ3) is 5.14. The lowest BCUT2D eigenvalue weighted by molar-refractivity contribution is -0.137. The van der Waals surface area contributed by atoms with E-state index in [2.05, 4.69) is 10.3 Å². The molecule has 1 heterocycles. The molecule has 1 amide bonds. The predicted molar refractivity (Wildman–Crippen MR) is 142 cm³/mol. The van der Waals surface area contributed by atoms with Crippen LogP contribution in [0.3, 0.4) is 0 Å². The van der Waals surface area contributed by atoms with Crippen LogP contribution in [0.5, 0.6) is 0 Å². The van der Waals surface area contributed by atoms with Crippen LogP contribution in [0.15, 0.2) is 70.2 Å². The van der Waals surface area contributed by atoms with Gasteiger partial charge in [0, 0.05) is 35.3 Å². The minimum atomic E-state index is -4.58. The zero-order valence-electron chi connectivity index (χ0n) is 19.2. The topological polar surface area (TPSA) is 47.9 Å². The fraction of sp³-hybridized carbons (Fsp3) is 0.240. The second-order valence-corrected chi connectivity index (χ2v) is 9.44. The Morgan fingerprint density at radius 2 is 1.86 bits per heavy atom. The first-order valence-electron chi connectivity index (χ1n) is 10.9. The number of aliphatic imine (C=N–C) groups is 1. The number of benzodiazepines with no additional fused rings is 1. The quantitative estimate of drug-likeness (QED) is 0.453. The molecule has 5 nitrogen and oxygen atoms in total. The Labute approximate surface area is 221 Å². The molecule has 1 aliphatic heterocycles. The number of benzene rings is 2. The van der Waals surface area contributed by atoms with E-state index in [4.69, 9.17) is 35.4 Å². The van der Waals surface area contributed by atoms with E-state index in [-0.39, 0.29) is 10.8 Å². The summed E-state index contributed by atoms with van der Waals surface area (Å²) in [5, 5.41) is 3.67. The summed E-state index contributed by atoms with van der Waals surface area (Å²) in [6, 6.07) is 10.1. The fourth-order valence-electron chi connectivity index (χ4n) is 4.04. The maximum absolute atomic E-state index is 13.6. The molecule has 1 atom stereocenters. The van der Waals surface area contributed by atoms with Crippen molar-refractivity contribution in [2.24, 2.45) is 4.99 Å². The second-order valence-electron chi connectivity index (χ2n) is 8.21. The van der Waals surface area contributed by atoms with E-state index in [1.165, 1.54) is 35.0 Å². The Balaban J connectivity index is 1.75. The van der Waals surface area contributed by atoms with Gasteiger partial charge in [0.25, 0.3) is 5.91 Å². The fourth-order valence-corrected chi connectivity index (χ4v) is 4.70. The van der Waals surface area contributed by atoms with E-state index in [1.54, 1.807) is 25.2 Å². The number of halogens is 5. The van der Waals surface area contributed by atoms with Crippen molar-refractivity contribution in [3.63, 3.8) is 0 Å². The monoisotopic (exact) mass is 552 g/mol. The number of fused-ring (bicyclic) bond motifs is 1. The van der Waals surface area contributed by atoms with Crippen molar-refractivity contribution >= 4 is 63.5 Å². The molecule has 2 aromatic rings. The first-order valence-corrected chi connectivity index (χ1v) is 12.1. The Bertz CT molecular complexity index is 1320. The van der Waals surface area contributed by atoms with Crippen LogP contribution in [0, 0.1) is 0 Å². The van der Waals surface area contributed by atoms with Gasteiger partial charge < -0.3 is 15.1 Å². The highest BCUT2D eigenvalue weighted by atomic mass is 35.5. The summed E-state index contributed by atoms with van der Waals surface area (Å²) in [5.74, 6) is -0.454. The molecule has 1 unspecified atom stereocenters. The van der Waals surface area contributed by atoms with E-state index in [0.29, 0.717) is 32.6 Å². The molecule has 2 aliphatic rings. The van der Waals surface area contributed by atoms with Crippen LogP contribution in [0.4, 0.5) is 24.5 Å². The minimum absolute atomic E-state index is 0.107. The van der Waals surface area contributed by atoms with Gasteiger partial charge in [-0.1, -0.05) is 47.5 Å². The van der Waals surface area contributed by atoms with Gasteiger partial charge in [-0.3, -0.25) is 4.79 Å². The van der Waals surface area contributed by atoms with Crippen molar-refractivity contribution in [1.29, 1.82) is 0 Å². The SMILES string of the molecule is CN1C(=O)C(NC(=S)N(C)c2ccccc2C(F)(F)F)N=C(C2=CCCC=C2Cl)c2cc(Cl)ccc21. The minimum Gasteiger partial charge on any atom is -0.333 e. The molecule has 0 saturated carbocycles. The highest BCUT2D eigenvalue weighted by molar-refractivity contribution is 7.80. The van der Waals surface area contributed by atoms with E-state index in [9.17, 15) is 18.0 Å². The average Bonchev–Trinajstić information content (AvgIpc) is 2.93. The van der Waals surface area contributed by atoms with E-state index >= 15 is 0 Å². The number of allylic oxidation sites excluding steroid dienone is 4. The van der Waals surface area contributed by atoms with Crippen molar-refractivity contribution in [1.82, 2.24) is 5.32 Å². The average molecular weight is 553 g/mol. The van der Waals surface area contributed by atoms with Crippen LogP contribution in [0.2, 0.25) is 5.02 Å². The van der Waals surface area contributed by atoms with Crippen LogP contribution in [0.25, 0.3) is 0 Å². The first kappa shape index (κ1) is 26.2. The van der Waals surface area contributed by atoms with Crippen LogP contribution >= 0.6 is 35.4 Å². The molecule has 0 radical (unpaired) electrons. The summed E-state index contributed by atoms with van der Waals surface area (Å²) in [7, 11) is 2.98. The van der Waals surface area contributed by atoms with E-state index in [1.807, 2.05) is 12.2 Å². The number of thiocarbonyl (C=S) groups is 1. The molecular formula is C25H21Cl2F3N4OS. The Morgan fingerprint density at radius 3 is 2.56 bits per heavy atom. The molecule has 0 bridgehead atoms. The normalized spacial score (nSPS) is 18.0.